The molecule has 1 aliphatic rings. The van der Waals surface area contributed by atoms with Crippen molar-refractivity contribution >= 4 is 40.0 Å². The number of rotatable bonds is 5. The average Bonchev–Trinajstić information content (AvgIpc) is 3.08. The van der Waals surface area contributed by atoms with Gasteiger partial charge in [-0.25, -0.2) is 14.6 Å². The van der Waals surface area contributed by atoms with E-state index < -0.39 is 12.0 Å². The Balaban J connectivity index is 1.76. The van der Waals surface area contributed by atoms with Gasteiger partial charge in [-0.2, -0.15) is 0 Å². The summed E-state index contributed by atoms with van der Waals surface area (Å²) in [5.41, 5.74) is 1.75. The minimum atomic E-state index is -0.500. The van der Waals surface area contributed by atoms with E-state index in [1.165, 1.54) is 11.3 Å². The van der Waals surface area contributed by atoms with E-state index in [9.17, 15) is 9.59 Å². The van der Waals surface area contributed by atoms with Gasteiger partial charge >= 0.3 is 12.0 Å². The minimum Gasteiger partial charge on any atom is -0.462 e. The van der Waals surface area contributed by atoms with Crippen molar-refractivity contribution in [3.63, 3.8) is 0 Å². The Labute approximate surface area is 161 Å². The van der Waals surface area contributed by atoms with Crippen molar-refractivity contribution in [1.29, 1.82) is 0 Å². The number of carbonyl (C=O) groups is 2. The third-order valence-electron chi connectivity index (χ3n) is 3.90. The van der Waals surface area contributed by atoms with E-state index in [2.05, 4.69) is 15.6 Å². The zero-order valence-corrected chi connectivity index (χ0v) is 16.1. The van der Waals surface area contributed by atoms with Crippen molar-refractivity contribution in [2.75, 3.05) is 48.4 Å². The van der Waals surface area contributed by atoms with Crippen LogP contribution in [-0.2, 0) is 9.47 Å². The number of aryl methyl sites for hydroxylation is 1. The Kier molecular flexibility index (Phi) is 6.25. The summed E-state index contributed by atoms with van der Waals surface area (Å²) in [4.78, 5) is 31.4. The molecule has 0 spiro atoms. The molecule has 2 heterocycles. The lowest BCUT2D eigenvalue weighted by Gasteiger charge is -2.25. The molecule has 2 N–H and O–H groups in total. The molecule has 9 heteroatoms. The highest BCUT2D eigenvalue weighted by Gasteiger charge is 2.24. The number of carbonyl (C=O) groups excluding carboxylic acids is 2. The monoisotopic (exact) mass is 390 g/mol. The molecular formula is C18H22N4O4S. The maximum absolute atomic E-state index is 12.3. The van der Waals surface area contributed by atoms with E-state index in [-0.39, 0.29) is 17.3 Å². The van der Waals surface area contributed by atoms with E-state index >= 15 is 0 Å². The van der Waals surface area contributed by atoms with Gasteiger partial charge in [0.15, 0.2) is 15.8 Å². The lowest BCUT2D eigenvalue weighted by Crippen LogP contribution is -2.36. The summed E-state index contributed by atoms with van der Waals surface area (Å²) < 4.78 is 10.4. The quantitative estimate of drug-likeness (QED) is 0.762. The molecule has 0 atom stereocenters. The molecule has 8 nitrogen and oxygen atoms in total. The number of nitrogens with zero attached hydrogens (tertiary/aromatic N) is 2. The molecule has 1 saturated heterocycles. The summed E-state index contributed by atoms with van der Waals surface area (Å²) in [6, 6.07) is 6.95. The van der Waals surface area contributed by atoms with Crippen LogP contribution in [0, 0.1) is 6.92 Å². The van der Waals surface area contributed by atoms with Gasteiger partial charge in [0, 0.05) is 18.8 Å². The van der Waals surface area contributed by atoms with Gasteiger partial charge in [0.1, 0.15) is 0 Å². The predicted octanol–water partition coefficient (Wildman–Crippen LogP) is 3.11. The first-order valence-electron chi connectivity index (χ1n) is 8.72. The SMILES string of the molecule is CCOC(=O)c1sc(N2CCOCC2)nc1NC(=O)Nc1ccc(C)cc1. The average molecular weight is 390 g/mol. The van der Waals surface area contributed by atoms with Crippen molar-refractivity contribution in [3.8, 4) is 0 Å². The fraction of sp³-hybridized carbons (Fsp3) is 0.389. The fourth-order valence-electron chi connectivity index (χ4n) is 2.53. The second kappa shape index (κ2) is 8.83. The van der Waals surface area contributed by atoms with Crippen LogP contribution in [0.15, 0.2) is 24.3 Å². The van der Waals surface area contributed by atoms with Crippen LogP contribution in [0.3, 0.4) is 0 Å². The first kappa shape index (κ1) is 19.1. The third-order valence-corrected chi connectivity index (χ3v) is 5.00. The number of hydrogen-bond acceptors (Lipinski definition) is 7. The summed E-state index contributed by atoms with van der Waals surface area (Å²) in [6.07, 6.45) is 0. The van der Waals surface area contributed by atoms with Gasteiger partial charge in [0.05, 0.1) is 19.8 Å². The zero-order chi connectivity index (χ0) is 19.2. The van der Waals surface area contributed by atoms with Crippen molar-refractivity contribution in [1.82, 2.24) is 4.98 Å². The summed E-state index contributed by atoms with van der Waals surface area (Å²) in [5, 5.41) is 6.06. The maximum Gasteiger partial charge on any atom is 0.352 e. The number of aromatic nitrogens is 1. The van der Waals surface area contributed by atoms with Crippen LogP contribution in [0.2, 0.25) is 0 Å². The highest BCUT2D eigenvalue weighted by Crippen LogP contribution is 2.31. The van der Waals surface area contributed by atoms with Crippen molar-refractivity contribution in [2.24, 2.45) is 0 Å². The van der Waals surface area contributed by atoms with Crippen molar-refractivity contribution in [3.05, 3.63) is 34.7 Å². The van der Waals surface area contributed by atoms with Crippen molar-refractivity contribution < 1.29 is 19.1 Å². The molecule has 2 aromatic rings. The van der Waals surface area contributed by atoms with Gasteiger partial charge in [-0.1, -0.05) is 29.0 Å². The number of hydrogen-bond donors (Lipinski definition) is 2. The van der Waals surface area contributed by atoms with E-state index in [1.807, 2.05) is 24.0 Å². The largest absolute Gasteiger partial charge is 0.462 e. The fourth-order valence-corrected chi connectivity index (χ4v) is 3.49. The Hall–Kier alpha value is -2.65. The topological polar surface area (TPSA) is 92.8 Å². The molecule has 0 saturated carbocycles. The number of esters is 1. The zero-order valence-electron chi connectivity index (χ0n) is 15.3. The number of urea groups is 1. The van der Waals surface area contributed by atoms with Crippen LogP contribution < -0.4 is 15.5 Å². The van der Waals surface area contributed by atoms with Gasteiger partial charge in [-0.05, 0) is 26.0 Å². The molecule has 1 aromatic heterocycles. The summed E-state index contributed by atoms with van der Waals surface area (Å²) in [7, 11) is 0. The van der Waals surface area contributed by atoms with Gasteiger partial charge in [-0.15, -0.1) is 0 Å². The van der Waals surface area contributed by atoms with Crippen LogP contribution in [-0.4, -0.2) is 49.9 Å². The van der Waals surface area contributed by atoms with Crippen LogP contribution in [0.4, 0.5) is 21.4 Å². The van der Waals surface area contributed by atoms with E-state index in [0.29, 0.717) is 37.1 Å². The number of morpholine rings is 1. The minimum absolute atomic E-state index is 0.199. The molecule has 27 heavy (non-hydrogen) atoms. The molecule has 1 fully saturated rings. The molecule has 1 aromatic carbocycles. The number of nitrogens with one attached hydrogen (secondary N) is 2. The Bertz CT molecular complexity index is 800. The number of thiazole rings is 1. The lowest BCUT2D eigenvalue weighted by molar-refractivity contribution is 0.0533. The molecule has 0 aliphatic carbocycles. The second-order valence-electron chi connectivity index (χ2n) is 5.94. The smallest absolute Gasteiger partial charge is 0.352 e. The van der Waals surface area contributed by atoms with E-state index in [1.54, 1.807) is 19.1 Å². The highest BCUT2D eigenvalue weighted by molar-refractivity contribution is 7.18. The van der Waals surface area contributed by atoms with Crippen LogP contribution in [0.1, 0.15) is 22.2 Å². The predicted molar refractivity (Wildman–Crippen MR) is 105 cm³/mol. The van der Waals surface area contributed by atoms with Gasteiger partial charge in [-0.3, -0.25) is 5.32 Å². The first-order valence-corrected chi connectivity index (χ1v) is 9.53. The molecule has 2 amide bonds. The molecule has 3 rings (SSSR count). The summed E-state index contributed by atoms with van der Waals surface area (Å²) in [6.45, 7) is 6.53. The standard InChI is InChI=1S/C18H22N4O4S/c1-3-26-16(23)14-15(21-18(27-14)22-8-10-25-11-9-22)20-17(24)19-13-6-4-12(2)5-7-13/h4-7H,3,8-11H2,1-2H3,(H2,19,20,24). The molecule has 0 radical (unpaired) electrons. The first-order chi connectivity index (χ1) is 13.1. The Morgan fingerprint density at radius 2 is 1.93 bits per heavy atom. The highest BCUT2D eigenvalue weighted by atomic mass is 32.1. The number of amides is 2. The number of anilines is 3. The maximum atomic E-state index is 12.3. The number of ether oxygens (including phenoxy) is 2. The molecule has 144 valence electrons. The van der Waals surface area contributed by atoms with Crippen molar-refractivity contribution in [2.45, 2.75) is 13.8 Å². The Morgan fingerprint density at radius 3 is 2.59 bits per heavy atom. The molecule has 0 unspecified atom stereocenters. The lowest BCUT2D eigenvalue weighted by atomic mass is 10.2. The van der Waals surface area contributed by atoms with Crippen LogP contribution >= 0.6 is 11.3 Å². The normalized spacial score (nSPS) is 13.9. The molecular weight excluding hydrogens is 368 g/mol. The third kappa shape index (κ3) is 4.95. The van der Waals surface area contributed by atoms with Crippen LogP contribution in [0.5, 0.6) is 0 Å². The van der Waals surface area contributed by atoms with Gasteiger partial charge in [0.25, 0.3) is 0 Å². The van der Waals surface area contributed by atoms with E-state index in [0.717, 1.165) is 5.56 Å². The second-order valence-corrected chi connectivity index (χ2v) is 6.92. The number of benzene rings is 1. The summed E-state index contributed by atoms with van der Waals surface area (Å²) >= 11 is 1.21. The van der Waals surface area contributed by atoms with Crippen LogP contribution in [0.25, 0.3) is 0 Å². The molecule has 1 aliphatic heterocycles. The summed E-state index contributed by atoms with van der Waals surface area (Å²) in [5.74, 6) is -0.301. The van der Waals surface area contributed by atoms with Gasteiger partial charge in [0.2, 0.25) is 0 Å². The van der Waals surface area contributed by atoms with Gasteiger partial charge < -0.3 is 19.7 Å². The van der Waals surface area contributed by atoms with E-state index in [4.69, 9.17) is 9.47 Å². The Morgan fingerprint density at radius 1 is 1.22 bits per heavy atom. The molecule has 0 bridgehead atoms.